The van der Waals surface area contributed by atoms with Gasteiger partial charge in [0.1, 0.15) is 4.75 Å². The molecule has 7 heteroatoms. The fraction of sp³-hybridized carbons (Fsp3) is 0.364. The van der Waals surface area contributed by atoms with E-state index in [0.29, 0.717) is 5.56 Å². The molecule has 0 bridgehead atoms. The fourth-order valence-corrected chi connectivity index (χ4v) is 2.19. The number of benzene rings is 1. The SMILES string of the molecule is CC(C)(C(=O)O)S(=O)Cc1ccc([N+](=O)[O-])cc1. The van der Waals surface area contributed by atoms with E-state index in [1.54, 1.807) is 0 Å². The number of hydrogen-bond acceptors (Lipinski definition) is 4. The zero-order chi connectivity index (χ0) is 13.9. The van der Waals surface area contributed by atoms with E-state index in [4.69, 9.17) is 5.11 Å². The van der Waals surface area contributed by atoms with E-state index in [0.717, 1.165) is 0 Å². The summed E-state index contributed by atoms with van der Waals surface area (Å²) in [7, 11) is -1.60. The number of hydrogen-bond donors (Lipinski definition) is 1. The molecule has 0 amide bonds. The number of nitrogens with zero attached hydrogens (tertiary/aromatic N) is 1. The second-order valence-corrected chi connectivity index (χ2v) is 6.23. The standard InChI is InChI=1S/C11H13NO5S/c1-11(2,10(13)14)18(17)7-8-3-5-9(6-4-8)12(15)16/h3-6H,7H2,1-2H3,(H,13,14). The Bertz CT molecular complexity index is 495. The molecule has 1 aromatic carbocycles. The molecule has 1 N–H and O–H groups in total. The first-order valence-electron chi connectivity index (χ1n) is 5.10. The van der Waals surface area contributed by atoms with Crippen molar-refractivity contribution in [1.82, 2.24) is 0 Å². The van der Waals surface area contributed by atoms with Gasteiger partial charge in [-0.15, -0.1) is 0 Å². The van der Waals surface area contributed by atoms with Gasteiger partial charge in [-0.1, -0.05) is 12.1 Å². The van der Waals surface area contributed by atoms with E-state index in [1.165, 1.54) is 38.1 Å². The molecule has 18 heavy (non-hydrogen) atoms. The molecule has 0 aliphatic heterocycles. The summed E-state index contributed by atoms with van der Waals surface area (Å²) in [6, 6.07) is 5.57. The molecule has 0 radical (unpaired) electrons. The van der Waals surface area contributed by atoms with Crippen LogP contribution >= 0.6 is 0 Å². The van der Waals surface area contributed by atoms with Crippen LogP contribution < -0.4 is 0 Å². The first kappa shape index (κ1) is 14.3. The van der Waals surface area contributed by atoms with Crippen LogP contribution in [-0.2, 0) is 21.3 Å². The van der Waals surface area contributed by atoms with Crippen LogP contribution in [0.3, 0.4) is 0 Å². The molecule has 1 aromatic rings. The van der Waals surface area contributed by atoms with Crippen LogP contribution in [0.2, 0.25) is 0 Å². The van der Waals surface area contributed by atoms with Crippen LogP contribution in [0, 0.1) is 10.1 Å². The summed E-state index contributed by atoms with van der Waals surface area (Å²) in [4.78, 5) is 20.8. The lowest BCUT2D eigenvalue weighted by Gasteiger charge is -2.18. The molecule has 0 aliphatic rings. The summed E-state index contributed by atoms with van der Waals surface area (Å²) in [5.74, 6) is -1.08. The van der Waals surface area contributed by atoms with E-state index in [1.807, 2.05) is 0 Å². The molecule has 0 aliphatic carbocycles. The van der Waals surface area contributed by atoms with Gasteiger partial charge in [-0.25, -0.2) is 0 Å². The number of carboxylic acid groups (broad SMARTS) is 1. The van der Waals surface area contributed by atoms with Gasteiger partial charge in [0.05, 0.1) is 4.92 Å². The lowest BCUT2D eigenvalue weighted by atomic mass is 10.2. The topological polar surface area (TPSA) is 97.5 Å². The van der Waals surface area contributed by atoms with E-state index in [9.17, 15) is 19.1 Å². The van der Waals surface area contributed by atoms with Crippen LogP contribution in [0.25, 0.3) is 0 Å². The number of carboxylic acids is 1. The Labute approximate surface area is 106 Å². The number of carbonyl (C=O) groups is 1. The molecular weight excluding hydrogens is 258 g/mol. The highest BCUT2D eigenvalue weighted by atomic mass is 32.2. The van der Waals surface area contributed by atoms with Crippen LogP contribution in [-0.4, -0.2) is 25.0 Å². The van der Waals surface area contributed by atoms with Gasteiger partial charge in [-0.2, -0.15) is 0 Å². The average molecular weight is 271 g/mol. The molecular formula is C11H13NO5S. The third-order valence-corrected chi connectivity index (χ3v) is 4.44. The molecule has 0 heterocycles. The lowest BCUT2D eigenvalue weighted by Crippen LogP contribution is -2.37. The Morgan fingerprint density at radius 3 is 2.28 bits per heavy atom. The van der Waals surface area contributed by atoms with Crippen LogP contribution in [0.1, 0.15) is 19.4 Å². The van der Waals surface area contributed by atoms with E-state index >= 15 is 0 Å². The van der Waals surface area contributed by atoms with Crippen LogP contribution in [0.4, 0.5) is 5.69 Å². The summed E-state index contributed by atoms with van der Waals surface area (Å²) >= 11 is 0. The van der Waals surface area contributed by atoms with Gasteiger partial charge in [0.15, 0.2) is 0 Å². The minimum Gasteiger partial charge on any atom is -0.480 e. The summed E-state index contributed by atoms with van der Waals surface area (Å²) in [6.45, 7) is 2.77. The van der Waals surface area contributed by atoms with Crippen molar-refractivity contribution in [1.29, 1.82) is 0 Å². The molecule has 0 saturated heterocycles. The summed E-state index contributed by atoms with van der Waals surface area (Å²) in [6.07, 6.45) is 0. The molecule has 0 aromatic heterocycles. The highest BCUT2D eigenvalue weighted by Crippen LogP contribution is 2.19. The predicted octanol–water partition coefficient (Wildman–Crippen LogP) is 1.71. The maximum Gasteiger partial charge on any atom is 0.321 e. The van der Waals surface area contributed by atoms with Crippen molar-refractivity contribution >= 4 is 22.5 Å². The first-order valence-corrected chi connectivity index (χ1v) is 6.42. The van der Waals surface area contributed by atoms with Crippen LogP contribution in [0.15, 0.2) is 24.3 Å². The summed E-state index contributed by atoms with van der Waals surface area (Å²) in [5.41, 5.74) is 0.551. The van der Waals surface area contributed by atoms with Crippen molar-refractivity contribution in [3.05, 3.63) is 39.9 Å². The Balaban J connectivity index is 2.83. The Hall–Kier alpha value is -1.76. The van der Waals surface area contributed by atoms with Crippen molar-refractivity contribution in [2.75, 3.05) is 0 Å². The predicted molar refractivity (Wildman–Crippen MR) is 66.7 cm³/mol. The minimum atomic E-state index is -1.60. The second kappa shape index (κ2) is 5.26. The Morgan fingerprint density at radius 2 is 1.89 bits per heavy atom. The molecule has 0 saturated carbocycles. The van der Waals surface area contributed by atoms with Gasteiger partial charge in [0.2, 0.25) is 0 Å². The third-order valence-electron chi connectivity index (χ3n) is 2.53. The molecule has 0 fully saturated rings. The average Bonchev–Trinajstić information content (AvgIpc) is 2.29. The van der Waals surface area contributed by atoms with Crippen molar-refractivity contribution in [3.63, 3.8) is 0 Å². The van der Waals surface area contributed by atoms with Gasteiger partial charge in [-0.05, 0) is 19.4 Å². The first-order chi connectivity index (χ1) is 8.25. The quantitative estimate of drug-likeness (QED) is 0.649. The van der Waals surface area contributed by atoms with E-state index in [-0.39, 0.29) is 11.4 Å². The lowest BCUT2D eigenvalue weighted by molar-refractivity contribution is -0.384. The molecule has 0 spiro atoms. The minimum absolute atomic E-state index is 0.0529. The van der Waals surface area contributed by atoms with E-state index in [2.05, 4.69) is 0 Å². The van der Waals surface area contributed by atoms with Gasteiger partial charge in [0.25, 0.3) is 5.69 Å². The normalized spacial score (nSPS) is 13.0. The van der Waals surface area contributed by atoms with Gasteiger partial charge >= 0.3 is 5.97 Å². The molecule has 98 valence electrons. The maximum atomic E-state index is 11.9. The Kier molecular flexibility index (Phi) is 4.18. The van der Waals surface area contributed by atoms with Crippen LogP contribution in [0.5, 0.6) is 0 Å². The summed E-state index contributed by atoms with van der Waals surface area (Å²) in [5, 5.41) is 19.4. The molecule has 1 unspecified atom stereocenters. The highest BCUT2D eigenvalue weighted by molar-refractivity contribution is 7.86. The summed E-state index contributed by atoms with van der Waals surface area (Å²) < 4.78 is 10.5. The molecule has 1 rings (SSSR count). The third kappa shape index (κ3) is 3.13. The van der Waals surface area contributed by atoms with Gasteiger partial charge < -0.3 is 5.11 Å². The van der Waals surface area contributed by atoms with Crippen molar-refractivity contribution < 1.29 is 19.0 Å². The maximum absolute atomic E-state index is 11.9. The molecule has 1 atom stereocenters. The second-order valence-electron chi connectivity index (χ2n) is 4.23. The zero-order valence-corrected chi connectivity index (χ0v) is 10.8. The number of aliphatic carboxylic acids is 1. The van der Waals surface area contributed by atoms with Gasteiger partial charge in [-0.3, -0.25) is 19.1 Å². The zero-order valence-electron chi connectivity index (χ0n) is 9.95. The van der Waals surface area contributed by atoms with Crippen molar-refractivity contribution in [3.8, 4) is 0 Å². The van der Waals surface area contributed by atoms with Gasteiger partial charge in [0, 0.05) is 28.7 Å². The monoisotopic (exact) mass is 271 g/mol. The molecule has 6 nitrogen and oxygen atoms in total. The Morgan fingerprint density at radius 1 is 1.39 bits per heavy atom. The number of rotatable bonds is 5. The highest BCUT2D eigenvalue weighted by Gasteiger charge is 2.34. The number of nitro groups is 1. The number of nitro benzene ring substituents is 1. The smallest absolute Gasteiger partial charge is 0.321 e. The number of non-ortho nitro benzene ring substituents is 1. The van der Waals surface area contributed by atoms with E-state index < -0.39 is 26.4 Å². The van der Waals surface area contributed by atoms with Crippen molar-refractivity contribution in [2.45, 2.75) is 24.3 Å². The largest absolute Gasteiger partial charge is 0.480 e. The van der Waals surface area contributed by atoms with Crippen molar-refractivity contribution in [2.24, 2.45) is 0 Å². The fourth-order valence-electron chi connectivity index (χ4n) is 1.14.